The van der Waals surface area contributed by atoms with E-state index in [9.17, 15) is 39.9 Å². The predicted octanol–water partition coefficient (Wildman–Crippen LogP) is 3.53. The van der Waals surface area contributed by atoms with Crippen molar-refractivity contribution in [3.63, 3.8) is 0 Å². The molecule has 1 amide bonds. The number of sulfonamides is 1. The molecule has 0 radical (unpaired) electrons. The highest BCUT2D eigenvalue weighted by atomic mass is 32.2. The molecule has 40 heavy (non-hydrogen) atoms. The fraction of sp³-hybridized carbons (Fsp3) is 0.440. The van der Waals surface area contributed by atoms with Crippen LogP contribution >= 0.6 is 11.3 Å². The van der Waals surface area contributed by atoms with Gasteiger partial charge in [-0.25, -0.2) is 21.6 Å². The molecule has 2 saturated carbocycles. The van der Waals surface area contributed by atoms with Gasteiger partial charge in [-0.15, -0.1) is 15.7 Å². The molecule has 2 unspecified atom stereocenters. The van der Waals surface area contributed by atoms with E-state index in [1.54, 1.807) is 0 Å². The van der Waals surface area contributed by atoms with Gasteiger partial charge in [0.05, 0.1) is 5.75 Å². The Balaban J connectivity index is 1.40. The van der Waals surface area contributed by atoms with Crippen LogP contribution in [0.3, 0.4) is 0 Å². The summed E-state index contributed by atoms with van der Waals surface area (Å²) in [5.74, 6) is -6.60. The summed E-state index contributed by atoms with van der Waals surface area (Å²) in [7, 11) is -7.75. The van der Waals surface area contributed by atoms with Gasteiger partial charge in [0.1, 0.15) is 31.1 Å². The highest BCUT2D eigenvalue weighted by Gasteiger charge is 2.57. The van der Waals surface area contributed by atoms with Crippen LogP contribution in [0.15, 0.2) is 38.1 Å². The highest BCUT2D eigenvalue weighted by Crippen LogP contribution is 2.55. The number of fused-ring (bicyclic) bond motifs is 6. The summed E-state index contributed by atoms with van der Waals surface area (Å²) in [4.78, 5) is 15.1. The number of amidine groups is 1. The molecule has 2 N–H and O–H groups in total. The molecule has 4 atom stereocenters. The molecular weight excluding hydrogens is 591 g/mol. The number of hydrogen-bond donors (Lipinski definition) is 2. The van der Waals surface area contributed by atoms with E-state index in [1.807, 2.05) is 0 Å². The van der Waals surface area contributed by atoms with Crippen LogP contribution in [-0.4, -0.2) is 56.6 Å². The summed E-state index contributed by atoms with van der Waals surface area (Å²) in [6.07, 6.45) is 3.31. The van der Waals surface area contributed by atoms with Crippen molar-refractivity contribution in [1.29, 1.82) is 0 Å². The number of thiophene rings is 1. The smallest absolute Gasteiger partial charge is 0.287 e. The largest absolute Gasteiger partial charge is 0.511 e. The summed E-state index contributed by atoms with van der Waals surface area (Å²) >= 11 is 1.00. The van der Waals surface area contributed by atoms with E-state index in [-0.39, 0.29) is 68.7 Å². The van der Waals surface area contributed by atoms with Crippen LogP contribution in [0, 0.1) is 35.2 Å². The molecule has 2 aliphatic heterocycles. The number of aryl methyl sites for hydroxylation is 1. The van der Waals surface area contributed by atoms with Crippen LogP contribution in [-0.2, 0) is 37.6 Å². The van der Waals surface area contributed by atoms with Crippen LogP contribution in [0.1, 0.15) is 30.4 Å². The molecule has 6 rings (SSSR count). The van der Waals surface area contributed by atoms with E-state index in [4.69, 9.17) is 0 Å². The SMILES string of the molecule is CS(=O)(=O)CCc1csc2c1S(=O)(=O)N=C(C1=C(O)C3C([C@@H]4CC[C@H]3C4)N(Cc3cc(F)c(F)c(F)c3)C1=O)N2. The van der Waals surface area contributed by atoms with Crippen LogP contribution in [0.5, 0.6) is 0 Å². The number of anilines is 1. The number of nitrogens with zero attached hydrogens (tertiary/aromatic N) is 2. The number of aliphatic hydroxyl groups is 1. The summed E-state index contributed by atoms with van der Waals surface area (Å²) < 4.78 is 95.1. The number of nitrogens with one attached hydrogen (secondary N) is 1. The van der Waals surface area contributed by atoms with Crippen molar-refractivity contribution in [2.45, 2.75) is 43.2 Å². The normalized spacial score (nSPS) is 26.9. The van der Waals surface area contributed by atoms with E-state index in [2.05, 4.69) is 9.71 Å². The van der Waals surface area contributed by atoms with E-state index < -0.39 is 55.2 Å². The first-order chi connectivity index (χ1) is 18.7. The van der Waals surface area contributed by atoms with E-state index in [0.29, 0.717) is 0 Å². The third-order valence-corrected chi connectivity index (χ3v) is 11.6. The second-order valence-electron chi connectivity index (χ2n) is 10.8. The molecule has 4 aliphatic rings. The maximum atomic E-state index is 14.0. The Morgan fingerprint density at radius 1 is 1.18 bits per heavy atom. The summed E-state index contributed by atoms with van der Waals surface area (Å²) in [5.41, 5.74) is -0.0736. The van der Waals surface area contributed by atoms with Gasteiger partial charge in [-0.05, 0) is 66.2 Å². The van der Waals surface area contributed by atoms with Crippen molar-refractivity contribution in [3.05, 3.63) is 57.4 Å². The lowest BCUT2D eigenvalue weighted by molar-refractivity contribution is -0.134. The first-order valence-electron chi connectivity index (χ1n) is 12.5. The maximum absolute atomic E-state index is 14.0. The first-order valence-corrected chi connectivity index (χ1v) is 16.9. The average molecular weight is 616 g/mol. The average Bonchev–Trinajstić information content (AvgIpc) is 3.58. The minimum Gasteiger partial charge on any atom is -0.511 e. The van der Waals surface area contributed by atoms with Crippen LogP contribution in [0.2, 0.25) is 0 Å². The quantitative estimate of drug-likeness (QED) is 0.475. The molecule has 2 aromatic rings. The number of aliphatic hydroxyl groups excluding tert-OH is 1. The van der Waals surface area contributed by atoms with Gasteiger partial charge in [-0.3, -0.25) is 4.79 Å². The lowest BCUT2D eigenvalue weighted by atomic mass is 9.77. The van der Waals surface area contributed by atoms with Gasteiger partial charge < -0.3 is 15.3 Å². The molecule has 1 aromatic heterocycles. The predicted molar refractivity (Wildman–Crippen MR) is 141 cm³/mol. The number of rotatable bonds is 6. The number of sulfone groups is 1. The number of carbonyl (C=O) groups is 1. The third-order valence-electron chi connectivity index (χ3n) is 8.17. The van der Waals surface area contributed by atoms with Crippen molar-refractivity contribution >= 4 is 47.9 Å². The fourth-order valence-electron chi connectivity index (χ4n) is 6.57. The van der Waals surface area contributed by atoms with E-state index >= 15 is 0 Å². The van der Waals surface area contributed by atoms with Gasteiger partial charge >= 0.3 is 0 Å². The fourth-order valence-corrected chi connectivity index (χ4v) is 9.83. The van der Waals surface area contributed by atoms with Crippen LogP contribution < -0.4 is 5.32 Å². The Hall–Kier alpha value is -2.91. The second-order valence-corrected chi connectivity index (χ2v) is 15.4. The van der Waals surface area contributed by atoms with Gasteiger partial charge in [0.2, 0.25) is 0 Å². The number of carbonyl (C=O) groups excluding carboxylic acids is 1. The lowest BCUT2D eigenvalue weighted by Crippen LogP contribution is -2.53. The van der Waals surface area contributed by atoms with Crippen molar-refractivity contribution in [1.82, 2.24) is 4.90 Å². The van der Waals surface area contributed by atoms with Crippen molar-refractivity contribution < 1.29 is 39.9 Å². The molecule has 2 aliphatic carbocycles. The molecular formula is C25H24F3N3O6S3. The van der Waals surface area contributed by atoms with E-state index in [0.717, 1.165) is 49.0 Å². The molecule has 2 fully saturated rings. The van der Waals surface area contributed by atoms with E-state index in [1.165, 1.54) is 10.3 Å². The van der Waals surface area contributed by atoms with Crippen LogP contribution in [0.25, 0.3) is 0 Å². The van der Waals surface area contributed by atoms with Gasteiger partial charge in [-0.2, -0.15) is 8.42 Å². The molecule has 15 heteroatoms. The lowest BCUT2D eigenvalue weighted by Gasteiger charge is -2.44. The highest BCUT2D eigenvalue weighted by molar-refractivity contribution is 7.91. The Bertz CT molecular complexity index is 1710. The Morgan fingerprint density at radius 2 is 1.85 bits per heavy atom. The topological polar surface area (TPSA) is 133 Å². The van der Waals surface area contributed by atoms with Crippen molar-refractivity contribution in [3.8, 4) is 0 Å². The molecule has 3 heterocycles. The zero-order chi connectivity index (χ0) is 28.7. The molecule has 0 saturated heterocycles. The zero-order valence-corrected chi connectivity index (χ0v) is 23.5. The van der Waals surface area contributed by atoms with Gasteiger partial charge in [0, 0.05) is 24.8 Å². The minimum absolute atomic E-state index is 0.00855. The molecule has 0 spiro atoms. The van der Waals surface area contributed by atoms with Crippen LogP contribution in [0.4, 0.5) is 18.2 Å². The Morgan fingerprint density at radius 3 is 2.52 bits per heavy atom. The molecule has 214 valence electrons. The number of amides is 1. The van der Waals surface area contributed by atoms with Crippen molar-refractivity contribution in [2.24, 2.45) is 22.2 Å². The summed E-state index contributed by atoms with van der Waals surface area (Å²) in [6.45, 7) is -0.284. The molecule has 9 nitrogen and oxygen atoms in total. The zero-order valence-electron chi connectivity index (χ0n) is 21.0. The Kier molecular flexibility index (Phi) is 6.35. The van der Waals surface area contributed by atoms with Gasteiger partial charge in [0.25, 0.3) is 15.9 Å². The minimum atomic E-state index is -4.38. The maximum Gasteiger partial charge on any atom is 0.287 e. The molecule has 2 bridgehead atoms. The number of benzene rings is 1. The monoisotopic (exact) mass is 615 g/mol. The Labute approximate surface area is 232 Å². The van der Waals surface area contributed by atoms with Crippen molar-refractivity contribution in [2.75, 3.05) is 17.3 Å². The third kappa shape index (κ3) is 4.42. The second kappa shape index (κ2) is 9.31. The molecule has 1 aromatic carbocycles. The van der Waals surface area contributed by atoms with Gasteiger partial charge in [-0.1, -0.05) is 0 Å². The summed E-state index contributed by atoms with van der Waals surface area (Å²) in [6, 6.07) is 1.14. The summed E-state index contributed by atoms with van der Waals surface area (Å²) in [5, 5.41) is 15.8. The standard InChI is InChI=1S/C25H24F3N3O6S3/c1-39(34,35)5-4-14-10-38-24-22(14)40(36,37)30-23(29-24)18-21(32)17-12-2-3-13(8-12)20(17)31(25(18)33)9-11-6-15(26)19(28)16(27)7-11/h6-7,10,12-13,17,20,32H,2-5,8-9H2,1H3,(H,29,30)/t12-,13+,17?,20?/m0/s1. The first kappa shape index (κ1) is 27.3. The van der Waals surface area contributed by atoms with Gasteiger partial charge in [0.15, 0.2) is 23.3 Å². The number of halogens is 3. The number of hydrogen-bond acceptors (Lipinski definition) is 8.